The standard InChI is InChI=1S/C20H24ClN7O4/c21-18-15(11-31-19(18)30)27-7-8-32-20(12-27)3-5-26(6-4-20)10-16(29)14-1-2-17(22-9-14)28-13-23-24-25-28/h1-2,9,13,16,29H,3-8,10-12H2/t16-/m1/s1. The lowest BCUT2D eigenvalue weighted by atomic mass is 9.89. The minimum Gasteiger partial charge on any atom is -0.455 e. The van der Waals surface area contributed by atoms with Gasteiger partial charge in [0.25, 0.3) is 0 Å². The van der Waals surface area contributed by atoms with Crippen molar-refractivity contribution in [2.24, 2.45) is 0 Å². The second kappa shape index (κ2) is 8.74. The number of likely N-dealkylation sites (tertiary alicyclic amines) is 1. The topological polar surface area (TPSA) is 119 Å². The number of rotatable bonds is 5. The third-order valence-electron chi connectivity index (χ3n) is 6.34. The Hall–Kier alpha value is -2.60. The molecule has 170 valence electrons. The number of carbonyl (C=O) groups excluding carboxylic acids is 1. The number of ether oxygens (including phenoxy) is 2. The van der Waals surface area contributed by atoms with E-state index in [1.807, 2.05) is 6.07 Å². The summed E-state index contributed by atoms with van der Waals surface area (Å²) < 4.78 is 12.7. The van der Waals surface area contributed by atoms with Gasteiger partial charge in [-0.25, -0.2) is 9.78 Å². The number of hydrogen-bond acceptors (Lipinski definition) is 10. The summed E-state index contributed by atoms with van der Waals surface area (Å²) in [6, 6.07) is 3.62. The van der Waals surface area contributed by atoms with E-state index in [2.05, 4.69) is 30.3 Å². The molecule has 12 heteroatoms. The van der Waals surface area contributed by atoms with Crippen molar-refractivity contribution in [1.82, 2.24) is 35.0 Å². The zero-order valence-electron chi connectivity index (χ0n) is 17.4. The lowest BCUT2D eigenvalue weighted by Crippen LogP contribution is -2.57. The molecule has 0 amide bonds. The average Bonchev–Trinajstić information content (AvgIpc) is 3.46. The van der Waals surface area contributed by atoms with Crippen molar-refractivity contribution in [3.63, 3.8) is 0 Å². The molecule has 2 aromatic rings. The van der Waals surface area contributed by atoms with Gasteiger partial charge in [-0.05, 0) is 29.3 Å². The van der Waals surface area contributed by atoms with Gasteiger partial charge in [0.1, 0.15) is 18.0 Å². The van der Waals surface area contributed by atoms with Crippen LogP contribution in [0.1, 0.15) is 24.5 Å². The number of hydrogen-bond donors (Lipinski definition) is 1. The largest absolute Gasteiger partial charge is 0.455 e. The highest BCUT2D eigenvalue weighted by atomic mass is 35.5. The van der Waals surface area contributed by atoms with E-state index in [-0.39, 0.29) is 17.2 Å². The van der Waals surface area contributed by atoms with Crippen molar-refractivity contribution >= 4 is 17.6 Å². The Morgan fingerprint density at radius 1 is 1.25 bits per heavy atom. The van der Waals surface area contributed by atoms with Crippen molar-refractivity contribution in [3.8, 4) is 5.82 Å². The zero-order chi connectivity index (χ0) is 22.1. The van der Waals surface area contributed by atoms with Gasteiger partial charge in [-0.15, -0.1) is 5.10 Å². The predicted octanol–water partition coefficient (Wildman–Crippen LogP) is 0.265. The number of tetrazole rings is 1. The van der Waals surface area contributed by atoms with Gasteiger partial charge >= 0.3 is 5.97 Å². The Labute approximate surface area is 189 Å². The van der Waals surface area contributed by atoms with E-state index in [1.165, 1.54) is 11.0 Å². The van der Waals surface area contributed by atoms with Gasteiger partial charge in [0, 0.05) is 44.5 Å². The monoisotopic (exact) mass is 461 g/mol. The molecule has 1 spiro atoms. The normalized spacial score (nSPS) is 22.4. The van der Waals surface area contributed by atoms with E-state index >= 15 is 0 Å². The summed E-state index contributed by atoms with van der Waals surface area (Å²) in [5.41, 5.74) is 1.23. The van der Waals surface area contributed by atoms with Gasteiger partial charge in [-0.2, -0.15) is 4.68 Å². The Balaban J connectivity index is 1.16. The molecule has 5 heterocycles. The van der Waals surface area contributed by atoms with Gasteiger partial charge < -0.3 is 24.4 Å². The van der Waals surface area contributed by atoms with Crippen LogP contribution >= 0.6 is 11.6 Å². The van der Waals surface area contributed by atoms with Crippen molar-refractivity contribution in [1.29, 1.82) is 0 Å². The van der Waals surface area contributed by atoms with E-state index in [0.717, 1.165) is 37.2 Å². The minimum atomic E-state index is -0.645. The molecular formula is C20H24ClN7O4. The van der Waals surface area contributed by atoms with Crippen LogP contribution in [-0.4, -0.2) is 97.6 Å². The Kier molecular flexibility index (Phi) is 5.80. The molecule has 0 saturated carbocycles. The lowest BCUT2D eigenvalue weighted by Gasteiger charge is -2.48. The summed E-state index contributed by atoms with van der Waals surface area (Å²) >= 11 is 6.14. The van der Waals surface area contributed by atoms with E-state index in [1.54, 1.807) is 12.3 Å². The number of cyclic esters (lactones) is 1. The van der Waals surface area contributed by atoms with Gasteiger partial charge in [0.2, 0.25) is 0 Å². The Morgan fingerprint density at radius 2 is 2.09 bits per heavy atom. The van der Waals surface area contributed by atoms with Crippen LogP contribution in [0.15, 0.2) is 35.4 Å². The third-order valence-corrected chi connectivity index (χ3v) is 6.71. The molecule has 5 rings (SSSR count). The lowest BCUT2D eigenvalue weighted by molar-refractivity contribution is -0.136. The van der Waals surface area contributed by atoms with Crippen LogP contribution in [0, 0.1) is 0 Å². The number of pyridine rings is 1. The van der Waals surface area contributed by atoms with Gasteiger partial charge in [-0.3, -0.25) is 0 Å². The summed E-state index contributed by atoms with van der Waals surface area (Å²) in [5.74, 6) is 0.140. The Morgan fingerprint density at radius 3 is 2.75 bits per heavy atom. The molecule has 0 unspecified atom stereocenters. The van der Waals surface area contributed by atoms with Crippen LogP contribution in [-0.2, 0) is 14.3 Å². The summed E-state index contributed by atoms with van der Waals surface area (Å²) in [5, 5.41) is 21.9. The Bertz CT molecular complexity index is 990. The van der Waals surface area contributed by atoms with Crippen LogP contribution in [0.2, 0.25) is 0 Å². The highest BCUT2D eigenvalue weighted by Gasteiger charge is 2.42. The van der Waals surface area contributed by atoms with E-state index in [9.17, 15) is 9.90 Å². The quantitative estimate of drug-likeness (QED) is 0.621. The first kappa shape index (κ1) is 21.3. The highest BCUT2D eigenvalue weighted by molar-refractivity contribution is 6.42. The first-order chi connectivity index (χ1) is 15.5. The first-order valence-electron chi connectivity index (χ1n) is 10.6. The van der Waals surface area contributed by atoms with Gasteiger partial charge in [-0.1, -0.05) is 17.7 Å². The first-order valence-corrected chi connectivity index (χ1v) is 11.0. The second-order valence-corrected chi connectivity index (χ2v) is 8.69. The van der Waals surface area contributed by atoms with Gasteiger partial charge in [0.05, 0.1) is 24.0 Å². The molecule has 3 aliphatic heterocycles. The molecule has 2 saturated heterocycles. The molecule has 0 aromatic carbocycles. The van der Waals surface area contributed by atoms with Gasteiger partial charge in [0.15, 0.2) is 5.82 Å². The number of morpholine rings is 1. The maximum Gasteiger partial charge on any atom is 0.352 e. The molecule has 11 nitrogen and oxygen atoms in total. The number of halogens is 1. The van der Waals surface area contributed by atoms with Crippen LogP contribution < -0.4 is 0 Å². The maximum atomic E-state index is 11.6. The third kappa shape index (κ3) is 4.20. The summed E-state index contributed by atoms with van der Waals surface area (Å²) in [7, 11) is 0. The van der Waals surface area contributed by atoms with Crippen molar-refractivity contribution in [2.75, 3.05) is 45.9 Å². The second-order valence-electron chi connectivity index (χ2n) is 8.31. The molecule has 0 aliphatic carbocycles. The van der Waals surface area contributed by atoms with Crippen LogP contribution in [0.4, 0.5) is 0 Å². The summed E-state index contributed by atoms with van der Waals surface area (Å²) in [6.45, 7) is 4.34. The maximum absolute atomic E-state index is 11.6. The molecule has 2 fully saturated rings. The molecule has 3 aliphatic rings. The fraction of sp³-hybridized carbons (Fsp3) is 0.550. The molecule has 32 heavy (non-hydrogen) atoms. The number of piperidine rings is 1. The average molecular weight is 462 g/mol. The zero-order valence-corrected chi connectivity index (χ0v) is 18.2. The van der Waals surface area contributed by atoms with Crippen molar-refractivity contribution < 1.29 is 19.4 Å². The smallest absolute Gasteiger partial charge is 0.352 e. The molecule has 1 atom stereocenters. The number of aliphatic hydroxyl groups is 1. The number of carbonyl (C=O) groups is 1. The van der Waals surface area contributed by atoms with Crippen LogP contribution in [0.5, 0.6) is 0 Å². The number of β-amino-alcohol motifs (C(OH)–C–C–N with tert-alkyl or cyclic N) is 1. The fourth-order valence-corrected chi connectivity index (χ4v) is 4.70. The summed E-state index contributed by atoms with van der Waals surface area (Å²) in [6.07, 6.45) is 4.16. The molecule has 1 N–H and O–H groups in total. The number of aliphatic hydroxyl groups excluding tert-OH is 1. The van der Waals surface area contributed by atoms with Crippen molar-refractivity contribution in [2.45, 2.75) is 24.5 Å². The molecule has 0 radical (unpaired) electrons. The fourth-order valence-electron chi connectivity index (χ4n) is 4.48. The SMILES string of the molecule is O=C1OCC(N2CCOC3(CCN(C[C@@H](O)c4ccc(-n5cnnn5)nc4)CC3)C2)=C1Cl. The number of nitrogens with zero attached hydrogens (tertiary/aromatic N) is 7. The van der Waals surface area contributed by atoms with Crippen molar-refractivity contribution in [3.05, 3.63) is 40.9 Å². The summed E-state index contributed by atoms with van der Waals surface area (Å²) in [4.78, 5) is 20.3. The molecule has 0 bridgehead atoms. The van der Waals surface area contributed by atoms with Crippen LogP contribution in [0.25, 0.3) is 5.82 Å². The number of aromatic nitrogens is 5. The number of esters is 1. The van der Waals surface area contributed by atoms with E-state index in [4.69, 9.17) is 21.1 Å². The van der Waals surface area contributed by atoms with E-state index < -0.39 is 12.1 Å². The highest BCUT2D eigenvalue weighted by Crippen LogP contribution is 2.34. The predicted molar refractivity (Wildman–Crippen MR) is 112 cm³/mol. The minimum absolute atomic E-state index is 0.183. The molecular weight excluding hydrogens is 438 g/mol. The van der Waals surface area contributed by atoms with E-state index in [0.29, 0.717) is 32.1 Å². The van der Waals surface area contributed by atoms with Crippen LogP contribution in [0.3, 0.4) is 0 Å². The molecule has 2 aromatic heterocycles.